The molecule has 0 aliphatic rings. The minimum absolute atomic E-state index is 0.0136. The van der Waals surface area contributed by atoms with Gasteiger partial charge in [-0.2, -0.15) is 5.10 Å². The molecule has 0 saturated carbocycles. The van der Waals surface area contributed by atoms with E-state index >= 15 is 0 Å². The Morgan fingerprint density at radius 1 is 1.26 bits per heavy atom. The van der Waals surface area contributed by atoms with Crippen LogP contribution in [0, 0.1) is 5.82 Å². The van der Waals surface area contributed by atoms with E-state index in [1.165, 1.54) is 35.4 Å². The van der Waals surface area contributed by atoms with Crippen LogP contribution in [0.2, 0.25) is 0 Å². The maximum atomic E-state index is 13.1. The van der Waals surface area contributed by atoms with Crippen LogP contribution in [0.25, 0.3) is 0 Å². The predicted octanol–water partition coefficient (Wildman–Crippen LogP) is 1.74. The SMILES string of the molecule is CC(C)c1[nH]ncc1C(=O)OCC(=O)N(CCC(N)=O)c1ccc(F)cc1. The fourth-order valence-corrected chi connectivity index (χ4v) is 2.42. The summed E-state index contributed by atoms with van der Waals surface area (Å²) < 4.78 is 18.2. The van der Waals surface area contributed by atoms with Crippen molar-refractivity contribution in [3.05, 3.63) is 47.5 Å². The van der Waals surface area contributed by atoms with Gasteiger partial charge < -0.3 is 15.4 Å². The number of nitrogens with zero attached hydrogens (tertiary/aromatic N) is 2. The summed E-state index contributed by atoms with van der Waals surface area (Å²) in [5.41, 5.74) is 6.37. The summed E-state index contributed by atoms with van der Waals surface area (Å²) in [6, 6.07) is 5.16. The summed E-state index contributed by atoms with van der Waals surface area (Å²) in [6.45, 7) is 3.21. The Hall–Kier alpha value is -3.23. The van der Waals surface area contributed by atoms with E-state index in [0.29, 0.717) is 11.4 Å². The van der Waals surface area contributed by atoms with Crippen LogP contribution >= 0.6 is 0 Å². The zero-order chi connectivity index (χ0) is 20.0. The fraction of sp³-hybridized carbons (Fsp3) is 0.333. The molecular formula is C18H21FN4O4. The molecule has 0 radical (unpaired) electrons. The number of esters is 1. The maximum absolute atomic E-state index is 13.1. The Morgan fingerprint density at radius 3 is 2.52 bits per heavy atom. The van der Waals surface area contributed by atoms with Crippen molar-refractivity contribution in [1.82, 2.24) is 10.2 Å². The summed E-state index contributed by atoms with van der Waals surface area (Å²) in [5.74, 6) is -2.28. The van der Waals surface area contributed by atoms with Gasteiger partial charge in [0.05, 0.1) is 11.9 Å². The monoisotopic (exact) mass is 376 g/mol. The van der Waals surface area contributed by atoms with Gasteiger partial charge in [0, 0.05) is 18.7 Å². The highest BCUT2D eigenvalue weighted by molar-refractivity contribution is 5.97. The lowest BCUT2D eigenvalue weighted by Gasteiger charge is -2.22. The third-order valence-corrected chi connectivity index (χ3v) is 3.81. The number of rotatable bonds is 8. The number of carbonyl (C=O) groups excluding carboxylic acids is 3. The first-order valence-corrected chi connectivity index (χ1v) is 8.34. The molecule has 144 valence electrons. The van der Waals surface area contributed by atoms with Gasteiger partial charge in [0.1, 0.15) is 11.4 Å². The zero-order valence-corrected chi connectivity index (χ0v) is 15.1. The number of ether oxygens (including phenoxy) is 1. The minimum Gasteiger partial charge on any atom is -0.452 e. The lowest BCUT2D eigenvalue weighted by Crippen LogP contribution is -2.37. The Morgan fingerprint density at radius 2 is 1.93 bits per heavy atom. The van der Waals surface area contributed by atoms with Gasteiger partial charge in [-0.3, -0.25) is 14.7 Å². The first-order valence-electron chi connectivity index (χ1n) is 8.34. The van der Waals surface area contributed by atoms with Crippen LogP contribution in [0.3, 0.4) is 0 Å². The van der Waals surface area contributed by atoms with E-state index in [1.54, 1.807) is 0 Å². The van der Waals surface area contributed by atoms with Crippen LogP contribution in [0.1, 0.15) is 42.2 Å². The molecule has 2 amide bonds. The number of benzene rings is 1. The molecule has 9 heteroatoms. The number of hydrogen-bond donors (Lipinski definition) is 2. The quantitative estimate of drug-likeness (QED) is 0.680. The van der Waals surface area contributed by atoms with E-state index < -0.39 is 30.2 Å². The van der Waals surface area contributed by atoms with Crippen LogP contribution in [-0.4, -0.2) is 41.1 Å². The van der Waals surface area contributed by atoms with Crippen molar-refractivity contribution in [2.24, 2.45) is 5.73 Å². The second-order valence-corrected chi connectivity index (χ2v) is 6.17. The number of nitrogens with two attached hydrogens (primary N) is 1. The van der Waals surface area contributed by atoms with Gasteiger partial charge in [-0.15, -0.1) is 0 Å². The van der Waals surface area contributed by atoms with Crippen molar-refractivity contribution < 1.29 is 23.5 Å². The van der Waals surface area contributed by atoms with Crippen LogP contribution in [0.5, 0.6) is 0 Å². The number of hydrogen-bond acceptors (Lipinski definition) is 5. The lowest BCUT2D eigenvalue weighted by atomic mass is 10.1. The van der Waals surface area contributed by atoms with Crippen LogP contribution in [-0.2, 0) is 14.3 Å². The molecule has 2 aromatic rings. The molecule has 0 aliphatic carbocycles. The Kier molecular flexibility index (Phi) is 6.64. The van der Waals surface area contributed by atoms with E-state index in [9.17, 15) is 18.8 Å². The third kappa shape index (κ3) is 5.37. The average molecular weight is 376 g/mol. The van der Waals surface area contributed by atoms with Crippen molar-refractivity contribution in [2.45, 2.75) is 26.2 Å². The minimum atomic E-state index is -0.685. The van der Waals surface area contributed by atoms with Crippen LogP contribution < -0.4 is 10.6 Å². The molecule has 0 spiro atoms. The number of halogens is 1. The van der Waals surface area contributed by atoms with Gasteiger partial charge in [-0.1, -0.05) is 13.8 Å². The first kappa shape index (κ1) is 20.1. The zero-order valence-electron chi connectivity index (χ0n) is 15.1. The van der Waals surface area contributed by atoms with Gasteiger partial charge >= 0.3 is 5.97 Å². The fourth-order valence-electron chi connectivity index (χ4n) is 2.42. The standard InChI is InChI=1S/C18H21FN4O4/c1-11(2)17-14(9-21-22-17)18(26)27-10-16(25)23(8-7-15(20)24)13-5-3-12(19)4-6-13/h3-6,9,11H,7-8,10H2,1-2H3,(H2,20,24)(H,21,22). The largest absolute Gasteiger partial charge is 0.452 e. The maximum Gasteiger partial charge on any atom is 0.342 e. The van der Waals surface area contributed by atoms with Crippen LogP contribution in [0.4, 0.5) is 10.1 Å². The highest BCUT2D eigenvalue weighted by Crippen LogP contribution is 2.18. The number of aromatic nitrogens is 2. The number of carbonyl (C=O) groups is 3. The molecular weight excluding hydrogens is 355 g/mol. The highest BCUT2D eigenvalue weighted by Gasteiger charge is 2.22. The van der Waals surface area contributed by atoms with Gasteiger partial charge in [0.2, 0.25) is 5.91 Å². The van der Waals surface area contributed by atoms with E-state index in [0.717, 1.165) is 0 Å². The number of amides is 2. The van der Waals surface area contributed by atoms with E-state index in [-0.39, 0.29) is 24.4 Å². The molecule has 1 heterocycles. The van der Waals surface area contributed by atoms with Crippen molar-refractivity contribution >= 4 is 23.5 Å². The summed E-state index contributed by atoms with van der Waals surface area (Å²) >= 11 is 0. The highest BCUT2D eigenvalue weighted by atomic mass is 19.1. The van der Waals surface area contributed by atoms with E-state index in [1.807, 2.05) is 13.8 Å². The second-order valence-electron chi connectivity index (χ2n) is 6.17. The number of aromatic amines is 1. The van der Waals surface area contributed by atoms with Gasteiger partial charge in [-0.05, 0) is 30.2 Å². The van der Waals surface area contributed by atoms with Crippen molar-refractivity contribution in [3.63, 3.8) is 0 Å². The molecule has 1 aromatic carbocycles. The molecule has 27 heavy (non-hydrogen) atoms. The summed E-state index contributed by atoms with van der Waals surface area (Å²) in [6.07, 6.45) is 1.25. The average Bonchev–Trinajstić information content (AvgIpc) is 3.11. The van der Waals surface area contributed by atoms with Crippen molar-refractivity contribution in [3.8, 4) is 0 Å². The van der Waals surface area contributed by atoms with Crippen LogP contribution in [0.15, 0.2) is 30.5 Å². The molecule has 0 unspecified atom stereocenters. The van der Waals surface area contributed by atoms with Crippen molar-refractivity contribution in [1.29, 1.82) is 0 Å². The van der Waals surface area contributed by atoms with Gasteiger partial charge in [-0.25, -0.2) is 9.18 Å². The molecule has 0 bridgehead atoms. The molecule has 2 rings (SSSR count). The molecule has 3 N–H and O–H groups in total. The number of primary amides is 1. The number of H-pyrrole nitrogens is 1. The van der Waals surface area contributed by atoms with E-state index in [4.69, 9.17) is 10.5 Å². The van der Waals surface area contributed by atoms with E-state index in [2.05, 4.69) is 10.2 Å². The summed E-state index contributed by atoms with van der Waals surface area (Å²) in [7, 11) is 0. The Balaban J connectivity index is 2.08. The summed E-state index contributed by atoms with van der Waals surface area (Å²) in [4.78, 5) is 37.0. The Bertz CT molecular complexity index is 817. The van der Waals surface area contributed by atoms with Gasteiger partial charge in [0.15, 0.2) is 6.61 Å². The molecule has 1 aromatic heterocycles. The van der Waals surface area contributed by atoms with Crippen molar-refractivity contribution in [2.75, 3.05) is 18.1 Å². The summed E-state index contributed by atoms with van der Waals surface area (Å²) in [5, 5.41) is 6.55. The molecule has 0 atom stereocenters. The Labute approximate surface area is 155 Å². The molecule has 8 nitrogen and oxygen atoms in total. The lowest BCUT2D eigenvalue weighted by molar-refractivity contribution is -0.121. The van der Waals surface area contributed by atoms with Gasteiger partial charge in [0.25, 0.3) is 5.91 Å². The first-order chi connectivity index (χ1) is 12.8. The molecule has 0 aliphatic heterocycles. The number of nitrogens with one attached hydrogen (secondary N) is 1. The topological polar surface area (TPSA) is 118 Å². The predicted molar refractivity (Wildman–Crippen MR) is 95.5 cm³/mol. The molecule has 0 saturated heterocycles. The third-order valence-electron chi connectivity index (χ3n) is 3.81. The molecule has 0 fully saturated rings. The normalized spacial score (nSPS) is 10.7. The number of anilines is 1. The second kappa shape index (κ2) is 8.93. The smallest absolute Gasteiger partial charge is 0.342 e.